The minimum absolute atomic E-state index is 0.278. The summed E-state index contributed by atoms with van der Waals surface area (Å²) in [4.78, 5) is 16.8. The Labute approximate surface area is 151 Å². The van der Waals surface area contributed by atoms with Crippen LogP contribution in [0.15, 0.2) is 47.6 Å². The van der Waals surface area contributed by atoms with Gasteiger partial charge in [-0.25, -0.2) is 4.39 Å². The minimum Gasteiger partial charge on any atom is -0.490 e. The first-order valence-electron chi connectivity index (χ1n) is 8.23. The number of carbonyl (C=O) groups excluding carboxylic acids is 1. The van der Waals surface area contributed by atoms with Crippen molar-refractivity contribution in [2.24, 2.45) is 5.16 Å². The fourth-order valence-corrected chi connectivity index (χ4v) is 2.10. The van der Waals surface area contributed by atoms with E-state index in [2.05, 4.69) is 10.5 Å². The van der Waals surface area contributed by atoms with Crippen molar-refractivity contribution in [3.8, 4) is 11.5 Å². The van der Waals surface area contributed by atoms with Gasteiger partial charge in [0.2, 0.25) is 0 Å². The number of amides is 1. The maximum Gasteiger partial charge on any atom is 0.265 e. The number of ether oxygens (including phenoxy) is 2. The van der Waals surface area contributed by atoms with Gasteiger partial charge in [0.1, 0.15) is 5.82 Å². The van der Waals surface area contributed by atoms with Gasteiger partial charge in [-0.1, -0.05) is 23.4 Å². The van der Waals surface area contributed by atoms with Crippen LogP contribution in [0.3, 0.4) is 0 Å². The Balaban J connectivity index is 1.89. The molecule has 0 aromatic heterocycles. The van der Waals surface area contributed by atoms with E-state index < -0.39 is 11.7 Å². The molecule has 2 rings (SSSR count). The molecule has 2 aromatic carbocycles. The smallest absolute Gasteiger partial charge is 0.265 e. The predicted octanol–water partition coefficient (Wildman–Crippen LogP) is 3.61. The first kappa shape index (κ1) is 19.2. The highest BCUT2D eigenvalue weighted by molar-refractivity contribution is 5.92. The van der Waals surface area contributed by atoms with Gasteiger partial charge in [-0.15, -0.1) is 0 Å². The van der Waals surface area contributed by atoms with Gasteiger partial charge in [0.25, 0.3) is 5.91 Å². The molecule has 138 valence electrons. The van der Waals surface area contributed by atoms with Crippen LogP contribution in [0, 0.1) is 5.82 Å². The summed E-state index contributed by atoms with van der Waals surface area (Å²) in [5.41, 5.74) is 0.823. The monoisotopic (exact) mass is 360 g/mol. The average Bonchev–Trinajstić information content (AvgIpc) is 2.63. The second-order valence-corrected chi connectivity index (χ2v) is 5.11. The van der Waals surface area contributed by atoms with E-state index in [-0.39, 0.29) is 12.2 Å². The van der Waals surface area contributed by atoms with E-state index in [9.17, 15) is 9.18 Å². The van der Waals surface area contributed by atoms with Crippen molar-refractivity contribution in [1.82, 2.24) is 0 Å². The summed E-state index contributed by atoms with van der Waals surface area (Å²) in [6.45, 7) is 4.43. The van der Waals surface area contributed by atoms with Gasteiger partial charge in [-0.2, -0.15) is 0 Å². The Bertz CT molecular complexity index is 765. The molecule has 1 N–H and O–H groups in total. The van der Waals surface area contributed by atoms with E-state index in [1.807, 2.05) is 13.8 Å². The lowest BCUT2D eigenvalue weighted by Gasteiger charge is -2.12. The third kappa shape index (κ3) is 5.77. The maximum atomic E-state index is 13.4. The van der Waals surface area contributed by atoms with E-state index >= 15 is 0 Å². The molecule has 0 aliphatic carbocycles. The molecular weight excluding hydrogens is 339 g/mol. The van der Waals surface area contributed by atoms with Crippen molar-refractivity contribution in [3.05, 3.63) is 53.8 Å². The number of hydrogen-bond donors (Lipinski definition) is 1. The fraction of sp³-hybridized carbons (Fsp3) is 0.263. The quantitative estimate of drug-likeness (QED) is 0.548. The molecule has 0 aliphatic rings. The van der Waals surface area contributed by atoms with Gasteiger partial charge in [0.15, 0.2) is 18.1 Å². The van der Waals surface area contributed by atoms with Crippen LogP contribution < -0.4 is 14.8 Å². The van der Waals surface area contributed by atoms with Crippen molar-refractivity contribution >= 4 is 17.8 Å². The van der Waals surface area contributed by atoms with Crippen LogP contribution in [-0.4, -0.2) is 31.9 Å². The first-order valence-corrected chi connectivity index (χ1v) is 8.23. The Hall–Kier alpha value is -3.09. The van der Waals surface area contributed by atoms with Crippen LogP contribution in [0.2, 0.25) is 0 Å². The largest absolute Gasteiger partial charge is 0.490 e. The molecule has 0 unspecified atom stereocenters. The lowest BCUT2D eigenvalue weighted by molar-refractivity contribution is -0.120. The number of benzene rings is 2. The van der Waals surface area contributed by atoms with Crippen molar-refractivity contribution < 1.29 is 23.5 Å². The summed E-state index contributed by atoms with van der Waals surface area (Å²) < 4.78 is 24.4. The van der Waals surface area contributed by atoms with E-state index in [0.29, 0.717) is 30.4 Å². The van der Waals surface area contributed by atoms with Gasteiger partial charge in [0.05, 0.1) is 19.4 Å². The fourth-order valence-electron chi connectivity index (χ4n) is 2.10. The lowest BCUT2D eigenvalue weighted by Crippen LogP contribution is -2.17. The topological polar surface area (TPSA) is 69.2 Å². The summed E-state index contributed by atoms with van der Waals surface area (Å²) in [7, 11) is 0. The molecule has 1 amide bonds. The van der Waals surface area contributed by atoms with Crippen molar-refractivity contribution in [1.29, 1.82) is 0 Å². The number of nitrogens with zero attached hydrogens (tertiary/aromatic N) is 1. The van der Waals surface area contributed by atoms with Crippen LogP contribution in [0.5, 0.6) is 11.5 Å². The summed E-state index contributed by atoms with van der Waals surface area (Å²) >= 11 is 0. The van der Waals surface area contributed by atoms with Gasteiger partial charge in [0, 0.05) is 17.3 Å². The molecule has 26 heavy (non-hydrogen) atoms. The van der Waals surface area contributed by atoms with Crippen LogP contribution in [0.1, 0.15) is 19.4 Å². The van der Waals surface area contributed by atoms with Gasteiger partial charge < -0.3 is 19.6 Å². The molecule has 0 atom stereocenters. The Morgan fingerprint density at radius 1 is 1.12 bits per heavy atom. The highest BCUT2D eigenvalue weighted by Gasteiger charge is 2.09. The number of nitrogens with one attached hydrogen (secondary N) is 1. The van der Waals surface area contributed by atoms with Crippen molar-refractivity contribution in [2.75, 3.05) is 25.1 Å². The molecular formula is C19H21FN2O4. The molecule has 7 heteroatoms. The van der Waals surface area contributed by atoms with Gasteiger partial charge in [-0.05, 0) is 32.0 Å². The maximum absolute atomic E-state index is 13.4. The van der Waals surface area contributed by atoms with Crippen LogP contribution in [0.4, 0.5) is 10.1 Å². The van der Waals surface area contributed by atoms with Crippen molar-refractivity contribution in [3.63, 3.8) is 0 Å². The molecule has 0 fully saturated rings. The second-order valence-electron chi connectivity index (χ2n) is 5.11. The van der Waals surface area contributed by atoms with Crippen molar-refractivity contribution in [2.45, 2.75) is 13.8 Å². The predicted molar refractivity (Wildman–Crippen MR) is 97.4 cm³/mol. The van der Waals surface area contributed by atoms with Crippen LogP contribution in [0.25, 0.3) is 0 Å². The normalized spacial score (nSPS) is 10.6. The number of halogens is 1. The molecule has 0 spiro atoms. The third-order valence-electron chi connectivity index (χ3n) is 3.19. The average molecular weight is 360 g/mol. The molecule has 0 aliphatic heterocycles. The zero-order chi connectivity index (χ0) is 18.8. The standard InChI is InChI=1S/C19H21FN2O4/c1-3-24-17-10-9-15(11-18(17)25-4-2)22-19(23)13-26-21-12-14-7-5-6-8-16(14)20/h5-12H,3-4,13H2,1-2H3,(H,22,23)/b21-12-. The molecule has 2 aromatic rings. The van der Waals surface area contributed by atoms with E-state index in [0.717, 1.165) is 0 Å². The number of carbonyl (C=O) groups is 1. The summed E-state index contributed by atoms with van der Waals surface area (Å²) in [5, 5.41) is 6.27. The minimum atomic E-state index is -0.415. The second kappa shape index (κ2) is 10.0. The molecule has 0 saturated carbocycles. The molecule has 0 saturated heterocycles. The number of oxime groups is 1. The van der Waals surface area contributed by atoms with Gasteiger partial charge in [-0.3, -0.25) is 4.79 Å². The highest BCUT2D eigenvalue weighted by Crippen LogP contribution is 2.30. The number of hydrogen-bond acceptors (Lipinski definition) is 5. The third-order valence-corrected chi connectivity index (χ3v) is 3.19. The van der Waals surface area contributed by atoms with Crippen LogP contribution >= 0.6 is 0 Å². The summed E-state index contributed by atoms with van der Waals surface area (Å²) in [6.07, 6.45) is 1.21. The van der Waals surface area contributed by atoms with E-state index in [4.69, 9.17) is 14.3 Å². The highest BCUT2D eigenvalue weighted by atomic mass is 19.1. The Kier molecular flexibility index (Phi) is 7.42. The molecule has 0 heterocycles. The lowest BCUT2D eigenvalue weighted by atomic mass is 10.2. The van der Waals surface area contributed by atoms with E-state index in [1.54, 1.807) is 36.4 Å². The number of rotatable bonds is 9. The zero-order valence-corrected chi connectivity index (χ0v) is 14.7. The SMILES string of the molecule is CCOc1ccc(NC(=O)CO/N=C\c2ccccc2F)cc1OCC. The zero-order valence-electron chi connectivity index (χ0n) is 14.7. The Morgan fingerprint density at radius 2 is 1.85 bits per heavy atom. The van der Waals surface area contributed by atoms with Crippen LogP contribution in [-0.2, 0) is 9.63 Å². The molecule has 6 nitrogen and oxygen atoms in total. The summed E-state index contributed by atoms with van der Waals surface area (Å²) in [6, 6.07) is 11.2. The molecule has 0 radical (unpaired) electrons. The summed E-state index contributed by atoms with van der Waals surface area (Å²) in [5.74, 6) is 0.341. The van der Waals surface area contributed by atoms with Gasteiger partial charge >= 0.3 is 0 Å². The molecule has 0 bridgehead atoms. The Morgan fingerprint density at radius 3 is 2.58 bits per heavy atom. The van der Waals surface area contributed by atoms with E-state index in [1.165, 1.54) is 12.3 Å². The first-order chi connectivity index (χ1) is 12.6. The number of anilines is 1.